The lowest BCUT2D eigenvalue weighted by molar-refractivity contribution is -0.156. The minimum atomic E-state index is -1.06. The molecule has 624 valence electrons. The third-order valence-corrected chi connectivity index (χ3v) is 18.4. The van der Waals surface area contributed by atoms with Gasteiger partial charge in [-0.1, -0.05) is 36.5 Å². The maximum absolute atomic E-state index is 14.0. The molecule has 2 aliphatic heterocycles. The number of carboxylic acids is 1. The number of halogens is 2. The molecule has 38 heteroatoms. The average molecular weight is 1670 g/mol. The van der Waals surface area contributed by atoms with Crippen molar-refractivity contribution >= 4 is 135 Å². The van der Waals surface area contributed by atoms with Gasteiger partial charge in [-0.05, 0) is 185 Å². The van der Waals surface area contributed by atoms with Crippen LogP contribution in [-0.4, -0.2) is 196 Å². The average Bonchev–Trinajstić information content (AvgIpc) is 1.64. The Morgan fingerprint density at radius 3 is 1.35 bits per heavy atom. The number of rotatable bonds is 22. The number of nitrogens with two attached hydrogens (primary N) is 1. The number of aliphatic imine (C=N–C) groups is 2. The number of ether oxygens (including phenoxy) is 7. The van der Waals surface area contributed by atoms with Crippen LogP contribution in [-0.2, 0) is 47.5 Å². The van der Waals surface area contributed by atoms with Crippen LogP contribution in [0.3, 0.4) is 0 Å². The van der Waals surface area contributed by atoms with Gasteiger partial charge in [-0.15, -0.1) is 22.7 Å². The van der Waals surface area contributed by atoms with Crippen molar-refractivity contribution in [3.63, 3.8) is 0 Å². The number of carbonyl (C=O) groups excluding carboxylic acids is 10. The number of imidazole rings is 2. The SMILES string of the molecule is COC(=O)[C@@H](N)CCCCN=C(NC(=O)OC(C)(C)C)NC(=O)OC(C)(C)C.COC(=O)[C@H](CCCCN=C(NC(=O)OC(C)(C)C)NC(=O)OC(C)(C)C)CC(=O)c1csc([C@@H]2C[C@@H](CC(=O)OC(C)(C)C)CN2C(=O)c2cn3cc(Cl)ccc3n2)n1.C[C@@H]1C[C@@H](c2nc(C(=O)O)cs2)N(C(=O)c2cn3cc(Cl)ccc3n2)C1. The van der Waals surface area contributed by atoms with Gasteiger partial charge in [0.15, 0.2) is 11.5 Å². The molecule has 0 aliphatic carbocycles. The highest BCUT2D eigenvalue weighted by Gasteiger charge is 2.42. The molecule has 2 saturated heterocycles. The minimum Gasteiger partial charge on any atom is -0.476 e. The Kier molecular flexibility index (Phi) is 33.3. The fourth-order valence-corrected chi connectivity index (χ4v) is 13.6. The van der Waals surface area contributed by atoms with E-state index in [1.165, 1.54) is 42.3 Å². The minimum absolute atomic E-state index is 0.0133. The lowest BCUT2D eigenvalue weighted by Crippen LogP contribution is -2.47. The number of aromatic nitrogens is 6. The number of amides is 6. The molecular formula is C76H105Cl2N15O19S2. The predicted molar refractivity (Wildman–Crippen MR) is 426 cm³/mol. The number of carbonyl (C=O) groups is 11. The molecule has 8 heterocycles. The molecule has 2 fully saturated rings. The number of pyridine rings is 2. The number of ketones is 1. The van der Waals surface area contributed by atoms with Crippen LogP contribution in [0.1, 0.15) is 239 Å². The number of alkyl carbamates (subject to hydrolysis) is 4. The molecule has 0 aromatic carbocycles. The lowest BCUT2D eigenvalue weighted by Gasteiger charge is -2.22. The summed E-state index contributed by atoms with van der Waals surface area (Å²) < 4.78 is 39.4. The number of likely N-dealkylation sites (tertiary alicyclic amines) is 2. The Bertz CT molecular complexity index is 4400. The molecule has 0 bridgehead atoms. The van der Waals surface area contributed by atoms with E-state index in [2.05, 4.69) is 62.8 Å². The molecule has 0 radical (unpaired) electrons. The summed E-state index contributed by atoms with van der Waals surface area (Å²) in [7, 11) is 2.53. The first-order valence-corrected chi connectivity index (χ1v) is 39.4. The zero-order valence-electron chi connectivity index (χ0n) is 67.6. The van der Waals surface area contributed by atoms with Crippen molar-refractivity contribution in [2.24, 2.45) is 33.5 Å². The van der Waals surface area contributed by atoms with Crippen molar-refractivity contribution in [3.8, 4) is 0 Å². The molecule has 0 saturated carbocycles. The maximum atomic E-state index is 14.0. The van der Waals surface area contributed by atoms with E-state index >= 15 is 0 Å². The van der Waals surface area contributed by atoms with Gasteiger partial charge >= 0.3 is 48.3 Å². The second kappa shape index (κ2) is 40.9. The van der Waals surface area contributed by atoms with Crippen LogP contribution in [0.2, 0.25) is 10.0 Å². The first-order valence-electron chi connectivity index (χ1n) is 36.8. The summed E-state index contributed by atoms with van der Waals surface area (Å²) in [6, 6.07) is 5.39. The number of hydrogen-bond donors (Lipinski definition) is 6. The van der Waals surface area contributed by atoms with Gasteiger partial charge in [0.2, 0.25) is 11.9 Å². The number of aromatic carboxylic acids is 1. The van der Waals surface area contributed by atoms with Gasteiger partial charge in [-0.25, -0.2) is 43.9 Å². The highest BCUT2D eigenvalue weighted by Crippen LogP contribution is 2.41. The molecule has 6 aromatic rings. The first-order chi connectivity index (χ1) is 53.0. The molecule has 114 heavy (non-hydrogen) atoms. The largest absolute Gasteiger partial charge is 0.476 e. The summed E-state index contributed by atoms with van der Waals surface area (Å²) >= 11 is 14.6. The number of guanidine groups is 2. The van der Waals surface area contributed by atoms with Crippen LogP contribution in [0, 0.1) is 17.8 Å². The van der Waals surface area contributed by atoms with Gasteiger partial charge in [-0.2, -0.15) is 0 Å². The van der Waals surface area contributed by atoms with Crippen LogP contribution in [0.15, 0.2) is 69.8 Å². The zero-order valence-corrected chi connectivity index (χ0v) is 70.7. The van der Waals surface area contributed by atoms with Crippen LogP contribution >= 0.6 is 45.9 Å². The number of thiazole rings is 2. The third-order valence-electron chi connectivity index (χ3n) is 16.1. The number of nitrogens with zero attached hydrogens (tertiary/aromatic N) is 10. The van der Waals surface area contributed by atoms with E-state index in [0.29, 0.717) is 88.0 Å². The van der Waals surface area contributed by atoms with Crippen molar-refractivity contribution in [1.29, 1.82) is 0 Å². The number of carboxylic acid groups (broad SMARTS) is 1. The normalized spacial score (nSPS) is 16.1. The van der Waals surface area contributed by atoms with E-state index in [4.69, 9.17) is 62.5 Å². The quantitative estimate of drug-likeness (QED) is 0.00918. The van der Waals surface area contributed by atoms with Gasteiger partial charge in [0.1, 0.15) is 72.4 Å². The van der Waals surface area contributed by atoms with Gasteiger partial charge in [0.25, 0.3) is 11.8 Å². The first kappa shape index (κ1) is 93.0. The van der Waals surface area contributed by atoms with Crippen molar-refractivity contribution in [2.75, 3.05) is 40.4 Å². The molecule has 6 amide bonds. The van der Waals surface area contributed by atoms with E-state index in [1.807, 2.05) is 0 Å². The second-order valence-electron chi connectivity index (χ2n) is 32.0. The Labute approximate surface area is 679 Å². The fraction of sp³-hybridized carbons (Fsp3) is 0.566. The Hall–Kier alpha value is -9.91. The zero-order chi connectivity index (χ0) is 85.0. The summed E-state index contributed by atoms with van der Waals surface area (Å²) in [5.74, 6) is -4.39. The van der Waals surface area contributed by atoms with Crippen LogP contribution in [0.25, 0.3) is 11.3 Å². The van der Waals surface area contributed by atoms with E-state index in [-0.39, 0.29) is 103 Å². The van der Waals surface area contributed by atoms with Crippen LogP contribution in [0.5, 0.6) is 0 Å². The van der Waals surface area contributed by atoms with Gasteiger partial charge in [0, 0.05) is 68.1 Å². The number of fused-ring (bicyclic) bond motifs is 2. The number of Topliss-reactive ketones (excluding diaryl/α,β-unsaturated/α-hetero) is 1. The van der Waals surface area contributed by atoms with Crippen molar-refractivity contribution < 1.29 is 91.0 Å². The Morgan fingerprint density at radius 2 is 0.939 bits per heavy atom. The molecule has 7 N–H and O–H groups in total. The number of nitrogens with one attached hydrogen (secondary N) is 4. The Balaban J connectivity index is 0.000000308. The summed E-state index contributed by atoms with van der Waals surface area (Å²) in [6.07, 6.45) is 7.30. The van der Waals surface area contributed by atoms with E-state index in [1.54, 1.807) is 177 Å². The maximum Gasteiger partial charge on any atom is 0.414 e. The van der Waals surface area contributed by atoms with Crippen LogP contribution in [0.4, 0.5) is 19.2 Å². The highest BCUT2D eigenvalue weighted by atomic mass is 35.5. The lowest BCUT2D eigenvalue weighted by atomic mass is 9.95. The van der Waals surface area contributed by atoms with Gasteiger partial charge in [0.05, 0.1) is 48.7 Å². The standard InChI is InChI=1S/C41H56ClN7O10S.C18H34N4O6.C17H15ClN4O3S/c1-39(2,3)57-32(51)18-24-17-29(49(20-24)34(52)27-22-48-21-26(42)14-15-31(48)44-27)33-45-28(23-60-33)30(50)19-25(35(53)56-10)13-11-12-16-43-36(46-37(54)58-40(4,5)6)47-38(55)59-41(7,8)9;1-17(2,3)27-15(24)21-14(22-16(25)28-18(4,5)6)20-11-9-8-10-12(19)13(23)26-7;1-9-4-13(15-20-12(8-26-15)17(24)25)22(5-9)16(23)11-7-21-6-10(18)2-3-14(21)19-11/h14-15,21-25,29H,11-13,16-20H2,1-10H3,(H2,43,46,47,54,55);12H,8-11,19H2,1-7H3,(H2,20,21,22,24,25);2-3,6-9,13H,4-5H2,1H3,(H,24,25)/t24-,25+,29-;12-;9-,13+/m001/s1. The number of methoxy groups -OCH3 is 2. The van der Waals surface area contributed by atoms with E-state index in [9.17, 15) is 52.7 Å². The number of unbranched alkanes of at least 4 members (excludes halogenated alkanes) is 2. The molecule has 0 spiro atoms. The smallest absolute Gasteiger partial charge is 0.414 e. The molecule has 6 aromatic heterocycles. The van der Waals surface area contributed by atoms with Gasteiger partial charge < -0.3 is 62.6 Å². The summed E-state index contributed by atoms with van der Waals surface area (Å²) in [5, 5.41) is 24.0. The molecule has 6 atom stereocenters. The summed E-state index contributed by atoms with van der Waals surface area (Å²) in [4.78, 5) is 167. The monoisotopic (exact) mass is 1670 g/mol. The van der Waals surface area contributed by atoms with Crippen molar-refractivity contribution in [3.05, 3.63) is 103 Å². The second-order valence-corrected chi connectivity index (χ2v) is 34.7. The third kappa shape index (κ3) is 31.1. The molecule has 2 aliphatic rings. The topological polar surface area (TPSA) is 438 Å². The summed E-state index contributed by atoms with van der Waals surface area (Å²) in [6.45, 7) is 29.2. The van der Waals surface area contributed by atoms with E-state index < -0.39 is 88.3 Å². The van der Waals surface area contributed by atoms with Crippen molar-refractivity contribution in [1.82, 2.24) is 59.8 Å². The molecular weight excluding hydrogens is 1560 g/mol. The fourth-order valence-electron chi connectivity index (χ4n) is 11.4. The molecule has 0 unspecified atom stereocenters. The van der Waals surface area contributed by atoms with Crippen molar-refractivity contribution in [2.45, 2.75) is 221 Å². The summed E-state index contributed by atoms with van der Waals surface area (Å²) in [5.41, 5.74) is 3.85. The van der Waals surface area contributed by atoms with E-state index in [0.717, 1.165) is 6.42 Å². The molecule has 8 rings (SSSR count). The van der Waals surface area contributed by atoms with Crippen LogP contribution < -0.4 is 27.0 Å². The van der Waals surface area contributed by atoms with Gasteiger partial charge in [-0.3, -0.25) is 60.0 Å². The number of hydrogen-bond acceptors (Lipinski definition) is 27. The number of esters is 3. The molecule has 34 nitrogen and oxygen atoms in total. The highest BCUT2D eigenvalue weighted by molar-refractivity contribution is 7.10. The predicted octanol–water partition coefficient (Wildman–Crippen LogP) is 12.7. The Morgan fingerprint density at radius 1 is 0.535 bits per heavy atom.